The van der Waals surface area contributed by atoms with E-state index in [-0.39, 0.29) is 5.78 Å². The Labute approximate surface area is 183 Å². The van der Waals surface area contributed by atoms with Gasteiger partial charge in [0, 0.05) is 20.9 Å². The van der Waals surface area contributed by atoms with Crippen molar-refractivity contribution >= 4 is 29.3 Å². The molecule has 0 saturated heterocycles. The van der Waals surface area contributed by atoms with Gasteiger partial charge in [-0.05, 0) is 86.2 Å². The fourth-order valence-electron chi connectivity index (χ4n) is 2.71. The first-order chi connectivity index (χ1) is 14.2. The molecule has 0 bridgehead atoms. The molecule has 0 N–H and O–H groups in total. The first kappa shape index (κ1) is 24.0. The molecule has 0 heterocycles. The van der Waals surface area contributed by atoms with E-state index in [1.807, 2.05) is 55.1 Å². The number of benzene rings is 2. The average molecular weight is 433 g/mol. The predicted molar refractivity (Wildman–Crippen MR) is 124 cm³/mol. The van der Waals surface area contributed by atoms with Crippen LogP contribution in [0, 0.1) is 0 Å². The molecule has 0 radical (unpaired) electrons. The van der Waals surface area contributed by atoms with Gasteiger partial charge in [0.1, 0.15) is 0 Å². The topological polar surface area (TPSA) is 35.5 Å². The van der Waals surface area contributed by atoms with Gasteiger partial charge in [0.05, 0.1) is 13.2 Å². The normalized spacial score (nSPS) is 11.0. The van der Waals surface area contributed by atoms with Gasteiger partial charge >= 0.3 is 0 Å². The minimum Gasteiger partial charge on any atom is -0.289 e. The van der Waals surface area contributed by atoms with E-state index in [4.69, 9.17) is 9.78 Å². The summed E-state index contributed by atoms with van der Waals surface area (Å²) in [4.78, 5) is 25.0. The fourth-order valence-corrected chi connectivity index (χ4v) is 4.53. The maximum atomic E-state index is 12.7. The zero-order valence-electron chi connectivity index (χ0n) is 17.5. The van der Waals surface area contributed by atoms with Gasteiger partial charge in [0.25, 0.3) is 0 Å². The van der Waals surface area contributed by atoms with Crippen LogP contribution in [0.15, 0.2) is 58.3 Å². The first-order valence-electron chi connectivity index (χ1n) is 10.5. The summed E-state index contributed by atoms with van der Waals surface area (Å²) in [5.74, 6) is 2.25. The van der Waals surface area contributed by atoms with Gasteiger partial charge in [0.15, 0.2) is 5.78 Å². The van der Waals surface area contributed by atoms with Crippen molar-refractivity contribution in [2.24, 2.45) is 0 Å². The van der Waals surface area contributed by atoms with E-state index in [9.17, 15) is 4.79 Å². The van der Waals surface area contributed by atoms with Crippen molar-refractivity contribution in [2.45, 2.75) is 55.7 Å². The molecule has 0 amide bonds. The third-order valence-corrected chi connectivity index (χ3v) is 6.54. The molecule has 0 aromatic heterocycles. The molecule has 2 aromatic carbocycles. The van der Waals surface area contributed by atoms with E-state index in [1.54, 1.807) is 11.8 Å². The lowest BCUT2D eigenvalue weighted by molar-refractivity contribution is -0.291. The number of rotatable bonds is 15. The minimum atomic E-state index is 0.0807. The molecule has 0 aliphatic rings. The molecule has 5 heteroatoms. The maximum absolute atomic E-state index is 12.7. The zero-order valence-corrected chi connectivity index (χ0v) is 19.2. The van der Waals surface area contributed by atoms with Gasteiger partial charge in [-0.15, -0.1) is 23.5 Å². The van der Waals surface area contributed by atoms with Crippen LogP contribution in [0.1, 0.15) is 61.9 Å². The van der Waals surface area contributed by atoms with Crippen LogP contribution in [-0.2, 0) is 9.78 Å². The molecule has 3 nitrogen and oxygen atoms in total. The summed E-state index contributed by atoms with van der Waals surface area (Å²) in [5.41, 5.74) is 1.49. The number of thioether (sulfide) groups is 2. The highest BCUT2D eigenvalue weighted by Gasteiger charge is 2.09. The van der Waals surface area contributed by atoms with Crippen LogP contribution in [0.5, 0.6) is 0 Å². The molecule has 2 aromatic rings. The Morgan fingerprint density at radius 2 is 1.24 bits per heavy atom. The van der Waals surface area contributed by atoms with Gasteiger partial charge in [-0.3, -0.25) is 4.79 Å². The minimum absolute atomic E-state index is 0.0807. The number of hydrogen-bond acceptors (Lipinski definition) is 5. The Morgan fingerprint density at radius 1 is 0.724 bits per heavy atom. The zero-order chi connectivity index (χ0) is 20.7. The second-order valence-corrected chi connectivity index (χ2v) is 9.05. The largest absolute Gasteiger partial charge is 0.289 e. The van der Waals surface area contributed by atoms with Crippen LogP contribution in [0.3, 0.4) is 0 Å². The first-order valence-corrected chi connectivity index (χ1v) is 12.5. The lowest BCUT2D eigenvalue weighted by Crippen LogP contribution is -2.00. The molecule has 0 aliphatic heterocycles. The molecule has 0 fully saturated rings. The molecular formula is C24H32O3S2. The quantitative estimate of drug-likeness (QED) is 0.0991. The van der Waals surface area contributed by atoms with Crippen LogP contribution in [0.25, 0.3) is 0 Å². The maximum Gasteiger partial charge on any atom is 0.193 e. The van der Waals surface area contributed by atoms with Crippen LogP contribution in [0.4, 0.5) is 0 Å². The van der Waals surface area contributed by atoms with E-state index in [2.05, 4.69) is 19.1 Å². The van der Waals surface area contributed by atoms with E-state index in [0.29, 0.717) is 13.2 Å². The second kappa shape index (κ2) is 14.7. The molecule has 0 atom stereocenters. The summed E-state index contributed by atoms with van der Waals surface area (Å²) in [6, 6.07) is 15.9. The van der Waals surface area contributed by atoms with Crippen molar-refractivity contribution in [1.29, 1.82) is 0 Å². The molecule has 0 spiro atoms. The summed E-state index contributed by atoms with van der Waals surface area (Å²) in [5, 5.41) is 0. The Balaban J connectivity index is 1.76. The van der Waals surface area contributed by atoms with Crippen molar-refractivity contribution < 1.29 is 14.6 Å². The Bertz CT molecular complexity index is 699. The summed E-state index contributed by atoms with van der Waals surface area (Å²) in [7, 11) is 0. The lowest BCUT2D eigenvalue weighted by atomic mass is 10.0. The Kier molecular flexibility index (Phi) is 12.1. The monoisotopic (exact) mass is 432 g/mol. The van der Waals surface area contributed by atoms with E-state index >= 15 is 0 Å². The molecule has 2 rings (SSSR count). The second-order valence-electron chi connectivity index (χ2n) is 6.72. The smallest absolute Gasteiger partial charge is 0.193 e. The van der Waals surface area contributed by atoms with Gasteiger partial charge in [-0.2, -0.15) is 0 Å². The fraction of sp³-hybridized carbons (Fsp3) is 0.458. The van der Waals surface area contributed by atoms with Crippen molar-refractivity contribution in [2.75, 3.05) is 24.7 Å². The van der Waals surface area contributed by atoms with Gasteiger partial charge in [-0.25, -0.2) is 9.78 Å². The third-order valence-electron chi connectivity index (χ3n) is 4.34. The molecule has 158 valence electrons. The average Bonchev–Trinajstić information content (AvgIpc) is 2.76. The highest BCUT2D eigenvalue weighted by Crippen LogP contribution is 2.23. The standard InChI is InChI=1S/C24H32O3S2/c1-3-5-7-18-28-22-13-9-20(10-14-22)24(25)21-11-15-23(16-12-21)29-19-8-6-17-27-26-4-2/h9-16H,3-8,17-19H2,1-2H3. The summed E-state index contributed by atoms with van der Waals surface area (Å²) >= 11 is 3.67. The molecule has 0 aliphatic carbocycles. The van der Waals surface area contributed by atoms with Gasteiger partial charge in [-0.1, -0.05) is 19.8 Å². The predicted octanol–water partition coefficient (Wildman–Crippen LogP) is 7.04. The van der Waals surface area contributed by atoms with E-state index in [1.165, 1.54) is 29.1 Å². The van der Waals surface area contributed by atoms with Crippen LogP contribution >= 0.6 is 23.5 Å². The van der Waals surface area contributed by atoms with Crippen molar-refractivity contribution in [3.05, 3.63) is 59.7 Å². The van der Waals surface area contributed by atoms with Gasteiger partial charge in [0.2, 0.25) is 0 Å². The van der Waals surface area contributed by atoms with Crippen LogP contribution in [0.2, 0.25) is 0 Å². The summed E-state index contributed by atoms with van der Waals surface area (Å²) in [6.07, 6.45) is 5.82. The number of hydrogen-bond donors (Lipinski definition) is 0. The Morgan fingerprint density at radius 3 is 1.72 bits per heavy atom. The van der Waals surface area contributed by atoms with E-state index in [0.717, 1.165) is 35.5 Å². The molecular weight excluding hydrogens is 400 g/mol. The van der Waals surface area contributed by atoms with Crippen molar-refractivity contribution in [1.82, 2.24) is 0 Å². The molecule has 0 saturated carbocycles. The third kappa shape index (κ3) is 9.39. The Hall–Kier alpha value is -1.27. The SMILES string of the molecule is CCCCCSc1ccc(C(=O)c2ccc(SCCCCOOCC)cc2)cc1. The number of carbonyl (C=O) groups is 1. The highest BCUT2D eigenvalue weighted by molar-refractivity contribution is 7.99. The summed E-state index contributed by atoms with van der Waals surface area (Å²) < 4.78 is 0. The molecule has 29 heavy (non-hydrogen) atoms. The van der Waals surface area contributed by atoms with Crippen LogP contribution in [-0.4, -0.2) is 30.5 Å². The number of ketones is 1. The van der Waals surface area contributed by atoms with Gasteiger partial charge < -0.3 is 0 Å². The van der Waals surface area contributed by atoms with Crippen LogP contribution < -0.4 is 0 Å². The van der Waals surface area contributed by atoms with Crippen molar-refractivity contribution in [3.8, 4) is 0 Å². The van der Waals surface area contributed by atoms with E-state index < -0.39 is 0 Å². The highest BCUT2D eigenvalue weighted by atomic mass is 32.2. The van der Waals surface area contributed by atoms with Crippen molar-refractivity contribution in [3.63, 3.8) is 0 Å². The number of unbranched alkanes of at least 4 members (excludes halogenated alkanes) is 3. The number of carbonyl (C=O) groups excluding carboxylic acids is 1. The lowest BCUT2D eigenvalue weighted by Gasteiger charge is -2.06. The summed E-state index contributed by atoms with van der Waals surface area (Å²) in [6.45, 7) is 5.35. The molecule has 0 unspecified atom stereocenters.